The van der Waals surface area contributed by atoms with E-state index in [4.69, 9.17) is 20.4 Å². The molecule has 2 aromatic heterocycles. The second kappa shape index (κ2) is 8.54. The molecule has 0 bridgehead atoms. The van der Waals surface area contributed by atoms with E-state index in [1.54, 1.807) is 0 Å². The van der Waals surface area contributed by atoms with Gasteiger partial charge in [0.25, 0.3) is 5.56 Å². The first kappa shape index (κ1) is 22.6. The van der Waals surface area contributed by atoms with Crippen molar-refractivity contribution in [2.45, 2.75) is 71.7 Å². The van der Waals surface area contributed by atoms with Gasteiger partial charge in [-0.3, -0.25) is 9.79 Å². The summed E-state index contributed by atoms with van der Waals surface area (Å²) in [5.41, 5.74) is 9.24. The molecule has 1 unspecified atom stereocenters. The van der Waals surface area contributed by atoms with Crippen molar-refractivity contribution in [3.63, 3.8) is 0 Å². The number of nitrogens with zero attached hydrogens (tertiary/aromatic N) is 6. The highest BCUT2D eigenvalue weighted by Crippen LogP contribution is 2.35. The normalized spacial score (nSPS) is 20.0. The van der Waals surface area contributed by atoms with Crippen LogP contribution in [0.25, 0.3) is 11.0 Å². The third kappa shape index (κ3) is 4.09. The van der Waals surface area contributed by atoms with Gasteiger partial charge in [-0.05, 0) is 52.7 Å². The molecule has 0 spiro atoms. The van der Waals surface area contributed by atoms with Gasteiger partial charge in [-0.1, -0.05) is 12.1 Å². The number of piperidine rings is 1. The Balaban J connectivity index is 1.58. The number of rotatable bonds is 4. The number of aryl methyl sites for hydroxylation is 2. The van der Waals surface area contributed by atoms with Gasteiger partial charge >= 0.3 is 0 Å². The third-order valence-corrected chi connectivity index (χ3v) is 6.55. The molecule has 0 aliphatic carbocycles. The Kier molecular flexibility index (Phi) is 5.67. The van der Waals surface area contributed by atoms with Crippen LogP contribution in [-0.2, 0) is 13.1 Å². The number of nitrogens with two attached hydrogens (primary N) is 1. The molecular weight excluding hydrogens is 430 g/mol. The number of hydrogen-bond donors (Lipinski definition) is 1. The molecule has 1 aromatic carbocycles. The molecule has 1 fully saturated rings. The molecule has 1 saturated heterocycles. The Morgan fingerprint density at radius 1 is 1.26 bits per heavy atom. The molecule has 1 atom stereocenters. The first-order chi connectivity index (χ1) is 16.3. The summed E-state index contributed by atoms with van der Waals surface area (Å²) in [6.07, 6.45) is 2.63. The molecule has 3 aromatic rings. The summed E-state index contributed by atoms with van der Waals surface area (Å²) in [5.74, 6) is 1.56. The summed E-state index contributed by atoms with van der Waals surface area (Å²) >= 11 is 0. The number of imidazole rings is 1. The van der Waals surface area contributed by atoms with Gasteiger partial charge in [-0.25, -0.2) is 9.67 Å². The summed E-state index contributed by atoms with van der Waals surface area (Å²) in [6.45, 7) is 10.6. The molecule has 34 heavy (non-hydrogen) atoms. The van der Waals surface area contributed by atoms with Gasteiger partial charge in [-0.15, -0.1) is 0 Å². The minimum atomic E-state index is -0.445. The fraction of sp³-hybridized carbons (Fsp3) is 0.520. The molecule has 0 saturated carbocycles. The lowest BCUT2D eigenvalue weighted by Crippen LogP contribution is -2.44. The Hall–Kier alpha value is -3.20. The molecule has 2 N–H and O–H groups in total. The maximum absolute atomic E-state index is 13.7. The number of aliphatic imine (C=N–C) groups is 1. The molecule has 2 aliphatic rings. The molecule has 0 amide bonds. The van der Waals surface area contributed by atoms with E-state index < -0.39 is 5.60 Å². The molecule has 2 aliphatic heterocycles. The maximum atomic E-state index is 13.7. The predicted octanol–water partition coefficient (Wildman–Crippen LogP) is 3.18. The summed E-state index contributed by atoms with van der Waals surface area (Å²) < 4.78 is 9.74. The van der Waals surface area contributed by atoms with E-state index in [0.717, 1.165) is 54.7 Å². The van der Waals surface area contributed by atoms with E-state index in [1.807, 2.05) is 56.5 Å². The van der Waals surface area contributed by atoms with E-state index in [0.29, 0.717) is 30.5 Å². The van der Waals surface area contributed by atoms with Crippen molar-refractivity contribution in [3.8, 4) is 5.75 Å². The average Bonchev–Trinajstić information content (AvgIpc) is 3.12. The number of anilines is 1. The van der Waals surface area contributed by atoms with Crippen LogP contribution < -0.4 is 20.9 Å². The van der Waals surface area contributed by atoms with E-state index in [1.165, 1.54) is 4.68 Å². The van der Waals surface area contributed by atoms with Crippen LogP contribution in [0, 0.1) is 6.92 Å². The van der Waals surface area contributed by atoms with Gasteiger partial charge in [0.2, 0.25) is 5.95 Å². The maximum Gasteiger partial charge on any atom is 0.293 e. The van der Waals surface area contributed by atoms with Crippen molar-refractivity contribution in [3.05, 3.63) is 40.3 Å². The topological polar surface area (TPSA) is 104 Å². The monoisotopic (exact) mass is 463 g/mol. The van der Waals surface area contributed by atoms with Gasteiger partial charge in [0.05, 0.1) is 12.2 Å². The van der Waals surface area contributed by atoms with Crippen LogP contribution in [0.5, 0.6) is 5.75 Å². The van der Waals surface area contributed by atoms with Gasteiger partial charge in [-0.2, -0.15) is 5.10 Å². The molecule has 4 heterocycles. The second-order valence-corrected chi connectivity index (χ2v) is 9.93. The van der Waals surface area contributed by atoms with Crippen LogP contribution in [0.15, 0.2) is 34.1 Å². The molecule has 9 heteroatoms. The smallest absolute Gasteiger partial charge is 0.293 e. The van der Waals surface area contributed by atoms with Gasteiger partial charge < -0.3 is 19.9 Å². The molecule has 0 radical (unpaired) electrons. The fourth-order valence-corrected chi connectivity index (χ4v) is 5.08. The standard InChI is InChI=1S/C25H33N7O2/c1-5-31-22-21(28-24(31)30-12-8-9-17(26)14-30)16(2)29-32(23(22)33)15-18-13-25(3,4)34-20-11-7-6-10-19(20)27-18/h6-7,10-11,17H,5,8-9,12-15,26H2,1-4H3. The highest BCUT2D eigenvalue weighted by atomic mass is 16.5. The van der Waals surface area contributed by atoms with Crippen LogP contribution in [0.4, 0.5) is 11.6 Å². The zero-order valence-electron chi connectivity index (χ0n) is 20.4. The minimum Gasteiger partial charge on any atom is -0.485 e. The lowest BCUT2D eigenvalue weighted by Gasteiger charge is -2.31. The van der Waals surface area contributed by atoms with E-state index in [2.05, 4.69) is 10.00 Å². The first-order valence-electron chi connectivity index (χ1n) is 12.1. The van der Waals surface area contributed by atoms with Crippen molar-refractivity contribution in [2.75, 3.05) is 18.0 Å². The van der Waals surface area contributed by atoms with Crippen molar-refractivity contribution in [1.82, 2.24) is 19.3 Å². The molecular formula is C25H33N7O2. The SMILES string of the molecule is CCn1c(N2CCCC(N)C2)nc2c(C)nn(CC3=Nc4ccccc4OC(C)(C)C3)c(=O)c21. The Labute approximate surface area is 199 Å². The minimum absolute atomic E-state index is 0.122. The average molecular weight is 464 g/mol. The highest BCUT2D eigenvalue weighted by molar-refractivity contribution is 5.89. The Bertz CT molecular complexity index is 1320. The van der Waals surface area contributed by atoms with Crippen LogP contribution in [0.3, 0.4) is 0 Å². The van der Waals surface area contributed by atoms with Crippen LogP contribution in [-0.4, -0.2) is 49.8 Å². The van der Waals surface area contributed by atoms with E-state index in [-0.39, 0.29) is 11.6 Å². The number of fused-ring (bicyclic) bond motifs is 2. The number of ether oxygens (including phenoxy) is 1. The summed E-state index contributed by atoms with van der Waals surface area (Å²) in [6, 6.07) is 7.87. The van der Waals surface area contributed by atoms with Crippen LogP contribution in [0.2, 0.25) is 0 Å². The van der Waals surface area contributed by atoms with Crippen LogP contribution in [0.1, 0.15) is 45.7 Å². The molecule has 5 rings (SSSR count). The zero-order valence-corrected chi connectivity index (χ0v) is 20.4. The van der Waals surface area contributed by atoms with Crippen molar-refractivity contribution >= 4 is 28.4 Å². The van der Waals surface area contributed by atoms with Gasteiger partial charge in [0, 0.05) is 37.8 Å². The van der Waals surface area contributed by atoms with Crippen molar-refractivity contribution < 1.29 is 4.74 Å². The lowest BCUT2D eigenvalue weighted by atomic mass is 10.0. The zero-order chi connectivity index (χ0) is 24.0. The number of para-hydroxylation sites is 2. The van der Waals surface area contributed by atoms with E-state index >= 15 is 0 Å². The van der Waals surface area contributed by atoms with Crippen molar-refractivity contribution in [1.29, 1.82) is 0 Å². The Morgan fingerprint density at radius 3 is 2.82 bits per heavy atom. The Morgan fingerprint density at radius 2 is 2.06 bits per heavy atom. The summed E-state index contributed by atoms with van der Waals surface area (Å²) in [7, 11) is 0. The van der Waals surface area contributed by atoms with Crippen LogP contribution >= 0.6 is 0 Å². The predicted molar refractivity (Wildman–Crippen MR) is 134 cm³/mol. The molecule has 180 valence electrons. The number of hydrogen-bond acceptors (Lipinski definition) is 7. The largest absolute Gasteiger partial charge is 0.485 e. The molecule has 9 nitrogen and oxygen atoms in total. The van der Waals surface area contributed by atoms with E-state index in [9.17, 15) is 4.79 Å². The third-order valence-electron chi connectivity index (χ3n) is 6.55. The van der Waals surface area contributed by atoms with Gasteiger partial charge in [0.15, 0.2) is 0 Å². The quantitative estimate of drug-likeness (QED) is 0.637. The highest BCUT2D eigenvalue weighted by Gasteiger charge is 2.29. The first-order valence-corrected chi connectivity index (χ1v) is 12.1. The fourth-order valence-electron chi connectivity index (χ4n) is 5.08. The number of aromatic nitrogens is 4. The summed E-state index contributed by atoms with van der Waals surface area (Å²) in [5, 5.41) is 4.64. The van der Waals surface area contributed by atoms with Gasteiger partial charge in [0.1, 0.15) is 28.1 Å². The lowest BCUT2D eigenvalue weighted by molar-refractivity contribution is 0.120. The summed E-state index contributed by atoms with van der Waals surface area (Å²) in [4.78, 5) is 25.6. The van der Waals surface area contributed by atoms with Crippen molar-refractivity contribution in [2.24, 2.45) is 10.7 Å². The second-order valence-electron chi connectivity index (χ2n) is 9.93. The number of benzene rings is 1.